The highest BCUT2D eigenvalue weighted by Gasteiger charge is 2.37. The zero-order valence-corrected chi connectivity index (χ0v) is 23.1. The summed E-state index contributed by atoms with van der Waals surface area (Å²) in [5.41, 5.74) is -0.352. The number of nitrogens with zero attached hydrogens (tertiary/aromatic N) is 1. The Morgan fingerprint density at radius 1 is 1.11 bits per heavy atom. The van der Waals surface area contributed by atoms with Crippen molar-refractivity contribution in [2.24, 2.45) is 5.92 Å². The van der Waals surface area contributed by atoms with E-state index in [9.17, 15) is 24.3 Å². The van der Waals surface area contributed by atoms with Gasteiger partial charge in [0.1, 0.15) is 23.4 Å². The number of hydrogen-bond acceptors (Lipinski definition) is 7. The highest BCUT2D eigenvalue weighted by atomic mass is 16.6. The second kappa shape index (κ2) is 15.1. The molecule has 3 N–H and O–H groups in total. The van der Waals surface area contributed by atoms with Crippen molar-refractivity contribution in [3.8, 4) is 5.75 Å². The first-order valence-electron chi connectivity index (χ1n) is 12.9. The maximum Gasteiger partial charge on any atom is 0.408 e. The van der Waals surface area contributed by atoms with E-state index in [-0.39, 0.29) is 37.8 Å². The number of hydrogen-bond donors (Lipinski definition) is 3. The highest BCUT2D eigenvalue weighted by Crippen LogP contribution is 2.27. The van der Waals surface area contributed by atoms with Crippen molar-refractivity contribution >= 4 is 23.9 Å². The molecule has 0 spiro atoms. The number of aromatic hydroxyl groups is 1. The molecule has 3 atom stereocenters. The van der Waals surface area contributed by atoms with Crippen molar-refractivity contribution in [1.29, 1.82) is 0 Å². The number of benzene rings is 1. The van der Waals surface area contributed by atoms with Crippen molar-refractivity contribution in [3.05, 3.63) is 29.8 Å². The Bertz CT molecular complexity index is 914. The first-order valence-corrected chi connectivity index (χ1v) is 12.9. The molecule has 10 heteroatoms. The molecule has 1 aromatic rings. The standard InChI is InChI=1S/C27H43N3O7/c1-8-16-30(25(34)22(18(4)9-2)29-26(35)37-27(5,6)7)23(19-12-11-13-20(31)17-19)24(33)28-15-14-21(32)36-10-3/h11-13,17-18,22-23,31H,8-10,14-16H2,1-7H3,(H,28,33)(H,29,35). The third kappa shape index (κ3) is 10.7. The smallest absolute Gasteiger partial charge is 0.408 e. The summed E-state index contributed by atoms with van der Waals surface area (Å²) in [4.78, 5) is 53.1. The quantitative estimate of drug-likeness (QED) is 0.337. The predicted octanol–water partition coefficient (Wildman–Crippen LogP) is 3.68. The number of carbonyl (C=O) groups excluding carboxylic acids is 4. The Balaban J connectivity index is 3.36. The van der Waals surface area contributed by atoms with Crippen LogP contribution in [-0.2, 0) is 23.9 Å². The Labute approximate surface area is 220 Å². The summed E-state index contributed by atoms with van der Waals surface area (Å²) in [6.45, 7) is 13.0. The van der Waals surface area contributed by atoms with E-state index in [1.807, 2.05) is 20.8 Å². The second-order valence-electron chi connectivity index (χ2n) is 9.88. The van der Waals surface area contributed by atoms with Gasteiger partial charge in [-0.05, 0) is 57.7 Å². The summed E-state index contributed by atoms with van der Waals surface area (Å²) < 4.78 is 10.3. The van der Waals surface area contributed by atoms with Crippen LogP contribution in [0.5, 0.6) is 5.75 Å². The van der Waals surface area contributed by atoms with Crippen LogP contribution in [-0.4, -0.2) is 65.2 Å². The van der Waals surface area contributed by atoms with Crippen molar-refractivity contribution in [1.82, 2.24) is 15.5 Å². The molecule has 0 aliphatic carbocycles. The largest absolute Gasteiger partial charge is 0.508 e. The van der Waals surface area contributed by atoms with E-state index in [0.717, 1.165) is 0 Å². The lowest BCUT2D eigenvalue weighted by Gasteiger charge is -2.36. The zero-order chi connectivity index (χ0) is 28.2. The monoisotopic (exact) mass is 521 g/mol. The van der Waals surface area contributed by atoms with E-state index in [0.29, 0.717) is 18.4 Å². The molecule has 3 amide bonds. The third-order valence-corrected chi connectivity index (χ3v) is 5.58. The minimum atomic E-state index is -1.10. The molecule has 0 bridgehead atoms. The van der Waals surface area contributed by atoms with Gasteiger partial charge in [0.15, 0.2) is 0 Å². The first kappa shape index (κ1) is 31.7. The molecule has 0 saturated heterocycles. The predicted molar refractivity (Wildman–Crippen MR) is 140 cm³/mol. The molecule has 0 aliphatic heterocycles. The van der Waals surface area contributed by atoms with Gasteiger partial charge in [-0.1, -0.05) is 39.3 Å². The van der Waals surface area contributed by atoms with Gasteiger partial charge in [0.05, 0.1) is 13.0 Å². The first-order chi connectivity index (χ1) is 17.3. The molecule has 0 heterocycles. The fourth-order valence-corrected chi connectivity index (χ4v) is 3.69. The average molecular weight is 522 g/mol. The summed E-state index contributed by atoms with van der Waals surface area (Å²) in [7, 11) is 0. The highest BCUT2D eigenvalue weighted by molar-refractivity contribution is 5.92. The Hall–Kier alpha value is -3.30. The number of amides is 3. The summed E-state index contributed by atoms with van der Waals surface area (Å²) in [6, 6.07) is 4.07. The van der Waals surface area contributed by atoms with Crippen molar-refractivity contribution in [2.75, 3.05) is 19.7 Å². The van der Waals surface area contributed by atoms with Gasteiger partial charge in [-0.25, -0.2) is 4.79 Å². The molecule has 0 saturated carbocycles. The van der Waals surface area contributed by atoms with Crippen LogP contribution in [0.15, 0.2) is 24.3 Å². The topological polar surface area (TPSA) is 134 Å². The lowest BCUT2D eigenvalue weighted by Crippen LogP contribution is -2.55. The van der Waals surface area contributed by atoms with Crippen LogP contribution in [0.2, 0.25) is 0 Å². The Kier molecular flexibility index (Phi) is 12.9. The molecule has 10 nitrogen and oxygen atoms in total. The molecule has 0 radical (unpaired) electrons. The SMILES string of the molecule is CCCN(C(=O)C(NC(=O)OC(C)(C)C)C(C)CC)C(C(=O)NCCC(=O)OCC)c1cccc(O)c1. The molecule has 208 valence electrons. The summed E-state index contributed by atoms with van der Waals surface area (Å²) in [6.07, 6.45) is 0.380. The lowest BCUT2D eigenvalue weighted by molar-refractivity contribution is -0.145. The van der Waals surface area contributed by atoms with E-state index in [2.05, 4.69) is 10.6 Å². The van der Waals surface area contributed by atoms with Gasteiger partial charge in [0.2, 0.25) is 11.8 Å². The number of ether oxygens (including phenoxy) is 2. The number of carbonyl (C=O) groups is 4. The summed E-state index contributed by atoms with van der Waals surface area (Å²) >= 11 is 0. The van der Waals surface area contributed by atoms with E-state index in [4.69, 9.17) is 9.47 Å². The van der Waals surface area contributed by atoms with Crippen LogP contribution in [0.1, 0.15) is 79.3 Å². The van der Waals surface area contributed by atoms with Gasteiger partial charge in [0, 0.05) is 13.1 Å². The van der Waals surface area contributed by atoms with Crippen LogP contribution in [0, 0.1) is 5.92 Å². The molecular formula is C27H43N3O7. The van der Waals surface area contributed by atoms with Crippen LogP contribution in [0.25, 0.3) is 0 Å². The Morgan fingerprint density at radius 3 is 2.32 bits per heavy atom. The van der Waals surface area contributed by atoms with Gasteiger partial charge in [0.25, 0.3) is 0 Å². The molecule has 0 aliphatic rings. The minimum Gasteiger partial charge on any atom is -0.508 e. The average Bonchev–Trinajstić information content (AvgIpc) is 2.80. The van der Waals surface area contributed by atoms with E-state index in [1.165, 1.54) is 17.0 Å². The molecule has 0 aromatic heterocycles. The van der Waals surface area contributed by atoms with Crippen LogP contribution < -0.4 is 10.6 Å². The van der Waals surface area contributed by atoms with E-state index < -0.39 is 41.6 Å². The third-order valence-electron chi connectivity index (χ3n) is 5.58. The zero-order valence-electron chi connectivity index (χ0n) is 23.1. The number of phenols is 1. The van der Waals surface area contributed by atoms with Gasteiger partial charge < -0.3 is 30.1 Å². The number of alkyl carbamates (subject to hydrolysis) is 1. The van der Waals surface area contributed by atoms with Crippen molar-refractivity contribution in [2.45, 2.75) is 85.4 Å². The summed E-state index contributed by atoms with van der Waals surface area (Å²) in [5, 5.41) is 15.5. The molecule has 1 aromatic carbocycles. The van der Waals surface area contributed by atoms with Gasteiger partial charge in [-0.15, -0.1) is 0 Å². The maximum absolute atomic E-state index is 13.9. The summed E-state index contributed by atoms with van der Waals surface area (Å²) in [5.74, 6) is -1.73. The fraction of sp³-hybridized carbons (Fsp3) is 0.630. The molecule has 1 rings (SSSR count). The second-order valence-corrected chi connectivity index (χ2v) is 9.88. The van der Waals surface area contributed by atoms with Crippen LogP contribution in [0.3, 0.4) is 0 Å². The molecule has 3 unspecified atom stereocenters. The van der Waals surface area contributed by atoms with Crippen molar-refractivity contribution < 1.29 is 33.8 Å². The maximum atomic E-state index is 13.9. The number of nitrogens with one attached hydrogen (secondary N) is 2. The van der Waals surface area contributed by atoms with E-state index >= 15 is 0 Å². The van der Waals surface area contributed by atoms with Crippen LogP contribution in [0.4, 0.5) is 4.79 Å². The van der Waals surface area contributed by atoms with Gasteiger partial charge >= 0.3 is 12.1 Å². The Morgan fingerprint density at radius 2 is 1.78 bits per heavy atom. The number of phenolic OH excluding ortho intramolecular Hbond substituents is 1. The van der Waals surface area contributed by atoms with Gasteiger partial charge in [-0.2, -0.15) is 0 Å². The van der Waals surface area contributed by atoms with E-state index in [1.54, 1.807) is 39.8 Å². The van der Waals surface area contributed by atoms with Gasteiger partial charge in [-0.3, -0.25) is 14.4 Å². The number of rotatable bonds is 13. The fourth-order valence-electron chi connectivity index (χ4n) is 3.69. The van der Waals surface area contributed by atoms with Crippen LogP contribution >= 0.6 is 0 Å². The normalized spacial score (nSPS) is 13.6. The molecule has 37 heavy (non-hydrogen) atoms. The molecule has 0 fully saturated rings. The number of esters is 1. The van der Waals surface area contributed by atoms with Crippen molar-refractivity contribution in [3.63, 3.8) is 0 Å². The minimum absolute atomic E-state index is 0.0199. The molecular weight excluding hydrogens is 478 g/mol. The lowest BCUT2D eigenvalue weighted by atomic mass is 9.95.